The third-order valence-corrected chi connectivity index (χ3v) is 9.34. The fourth-order valence-electron chi connectivity index (χ4n) is 7.24. The average Bonchev–Trinajstić information content (AvgIpc) is 3.49. The molecular weight excluding hydrogens is 544 g/mol. The summed E-state index contributed by atoms with van der Waals surface area (Å²) in [6.07, 6.45) is 5.87. The number of para-hydroxylation sites is 2. The zero-order valence-electron chi connectivity index (χ0n) is 23.1. The van der Waals surface area contributed by atoms with Crippen molar-refractivity contribution in [2.75, 3.05) is 10.2 Å². The van der Waals surface area contributed by atoms with Gasteiger partial charge in [-0.1, -0.05) is 110 Å². The molecule has 6 heteroatoms. The standard InChI is InChI=1S/C36H29ClN2O3/c1-2-9-22-16-18-24(19-17-22)33(40)31-32(34(41)25-11-4-6-13-27(25)37)39-29-15-8-3-10-23(29)20-21-30(39)36(31)26-12-5-7-14-28(26)38-35(36)42/h3-8,10-21,30-32H,2,9H2,1H3,(H,38,42)/t30-,31+,32-,36-/m1/s1. The summed E-state index contributed by atoms with van der Waals surface area (Å²) in [5, 5.41) is 3.38. The summed E-state index contributed by atoms with van der Waals surface area (Å²) in [6.45, 7) is 2.12. The van der Waals surface area contributed by atoms with Gasteiger partial charge in [0.05, 0.1) is 17.0 Å². The van der Waals surface area contributed by atoms with Crippen LogP contribution >= 0.6 is 11.6 Å². The van der Waals surface area contributed by atoms with Gasteiger partial charge < -0.3 is 10.2 Å². The number of nitrogens with one attached hydrogen (secondary N) is 1. The minimum atomic E-state index is -1.35. The molecular formula is C36H29ClN2O3. The van der Waals surface area contributed by atoms with Crippen LogP contribution in [0, 0.1) is 5.92 Å². The zero-order chi connectivity index (χ0) is 29.0. The number of anilines is 2. The molecule has 0 bridgehead atoms. The van der Waals surface area contributed by atoms with Gasteiger partial charge in [0.15, 0.2) is 11.6 Å². The van der Waals surface area contributed by atoms with Gasteiger partial charge >= 0.3 is 0 Å². The van der Waals surface area contributed by atoms with E-state index in [0.29, 0.717) is 21.8 Å². The van der Waals surface area contributed by atoms with Crippen molar-refractivity contribution in [1.82, 2.24) is 0 Å². The second kappa shape index (κ2) is 10.1. The smallest absolute Gasteiger partial charge is 0.238 e. The summed E-state index contributed by atoms with van der Waals surface area (Å²) in [5.41, 5.74) is 3.71. The Morgan fingerprint density at radius 1 is 0.881 bits per heavy atom. The normalized spacial score (nSPS) is 23.3. The van der Waals surface area contributed by atoms with Gasteiger partial charge in [-0.15, -0.1) is 0 Å². The van der Waals surface area contributed by atoms with Gasteiger partial charge in [0.2, 0.25) is 5.91 Å². The number of benzene rings is 4. The van der Waals surface area contributed by atoms with Crippen molar-refractivity contribution < 1.29 is 14.4 Å². The monoisotopic (exact) mass is 572 g/mol. The van der Waals surface area contributed by atoms with Gasteiger partial charge in [0, 0.05) is 22.5 Å². The predicted molar refractivity (Wildman–Crippen MR) is 166 cm³/mol. The molecule has 5 nitrogen and oxygen atoms in total. The highest BCUT2D eigenvalue weighted by Crippen LogP contribution is 2.58. The first kappa shape index (κ1) is 26.4. The van der Waals surface area contributed by atoms with E-state index in [9.17, 15) is 14.4 Å². The average molecular weight is 573 g/mol. The fourth-order valence-corrected chi connectivity index (χ4v) is 7.47. The van der Waals surface area contributed by atoms with E-state index in [1.54, 1.807) is 24.3 Å². The Morgan fingerprint density at radius 3 is 2.38 bits per heavy atom. The lowest BCUT2D eigenvalue weighted by atomic mass is 9.64. The number of carbonyl (C=O) groups is 3. The first-order chi connectivity index (χ1) is 20.5. The molecule has 4 aromatic carbocycles. The molecule has 1 amide bonds. The zero-order valence-corrected chi connectivity index (χ0v) is 23.8. The second-order valence-corrected chi connectivity index (χ2v) is 11.6. The van der Waals surface area contributed by atoms with E-state index in [1.165, 1.54) is 0 Å². The Balaban J connectivity index is 1.51. The minimum absolute atomic E-state index is 0.240. The van der Waals surface area contributed by atoms with Gasteiger partial charge in [-0.25, -0.2) is 0 Å². The Morgan fingerprint density at radius 2 is 1.60 bits per heavy atom. The quantitative estimate of drug-likeness (QED) is 0.249. The fraction of sp³-hybridized carbons (Fsp3) is 0.194. The first-order valence-corrected chi connectivity index (χ1v) is 14.7. The van der Waals surface area contributed by atoms with E-state index in [2.05, 4.69) is 12.2 Å². The summed E-state index contributed by atoms with van der Waals surface area (Å²) >= 11 is 6.61. The summed E-state index contributed by atoms with van der Waals surface area (Å²) in [7, 11) is 0. The van der Waals surface area contributed by atoms with Crippen LogP contribution < -0.4 is 10.2 Å². The van der Waals surface area contributed by atoms with Crippen LogP contribution in [0.5, 0.6) is 0 Å². The van der Waals surface area contributed by atoms with Gasteiger partial charge in [0.25, 0.3) is 0 Å². The molecule has 42 heavy (non-hydrogen) atoms. The van der Waals surface area contributed by atoms with E-state index < -0.39 is 23.4 Å². The molecule has 3 aliphatic heterocycles. The summed E-state index contributed by atoms with van der Waals surface area (Å²) in [5.74, 6) is -1.83. The summed E-state index contributed by atoms with van der Waals surface area (Å²) in [6, 6.07) is 28.3. The molecule has 7 rings (SSSR count). The molecule has 3 aliphatic rings. The molecule has 0 saturated carbocycles. The van der Waals surface area contributed by atoms with Crippen LogP contribution in [0.1, 0.15) is 50.8 Å². The molecule has 4 atom stereocenters. The van der Waals surface area contributed by atoms with E-state index in [0.717, 1.165) is 35.2 Å². The molecule has 1 saturated heterocycles. The number of hydrogen-bond acceptors (Lipinski definition) is 4. The summed E-state index contributed by atoms with van der Waals surface area (Å²) < 4.78 is 0. The van der Waals surface area contributed by atoms with Crippen molar-refractivity contribution in [1.29, 1.82) is 0 Å². The molecule has 208 valence electrons. The lowest BCUT2D eigenvalue weighted by Gasteiger charge is -2.37. The number of amides is 1. The molecule has 0 radical (unpaired) electrons. The lowest BCUT2D eigenvalue weighted by Crippen LogP contribution is -2.51. The highest BCUT2D eigenvalue weighted by atomic mass is 35.5. The van der Waals surface area contributed by atoms with Crippen LogP contribution in [0.25, 0.3) is 6.08 Å². The van der Waals surface area contributed by atoms with Crippen LogP contribution in [0.2, 0.25) is 5.02 Å². The molecule has 0 aliphatic carbocycles. The Hall–Kier alpha value is -4.48. The molecule has 1 spiro atoms. The van der Waals surface area contributed by atoms with Crippen molar-refractivity contribution in [2.24, 2.45) is 5.92 Å². The largest absolute Gasteiger partial charge is 0.352 e. The minimum Gasteiger partial charge on any atom is -0.352 e. The first-order valence-electron chi connectivity index (χ1n) is 14.3. The van der Waals surface area contributed by atoms with Crippen LogP contribution in [0.3, 0.4) is 0 Å². The molecule has 3 heterocycles. The number of fused-ring (bicyclic) bond motifs is 6. The molecule has 1 N–H and O–H groups in total. The molecule has 0 aromatic heterocycles. The Bertz CT molecular complexity index is 1780. The maximum absolute atomic E-state index is 14.9. The van der Waals surface area contributed by atoms with Gasteiger partial charge in [-0.3, -0.25) is 14.4 Å². The summed E-state index contributed by atoms with van der Waals surface area (Å²) in [4.78, 5) is 46.1. The number of Topliss-reactive ketones (excluding diaryl/α,β-unsaturated/α-hetero) is 2. The van der Waals surface area contributed by atoms with E-state index >= 15 is 0 Å². The number of nitrogens with zero attached hydrogens (tertiary/aromatic N) is 1. The molecule has 0 unspecified atom stereocenters. The Kier molecular flexibility index (Phi) is 6.36. The van der Waals surface area contributed by atoms with Crippen LogP contribution in [0.15, 0.2) is 103 Å². The number of aryl methyl sites for hydroxylation is 1. The Labute approximate surface area is 249 Å². The van der Waals surface area contributed by atoms with Crippen molar-refractivity contribution in [3.05, 3.63) is 136 Å². The topological polar surface area (TPSA) is 66.5 Å². The van der Waals surface area contributed by atoms with Crippen molar-refractivity contribution >= 4 is 46.5 Å². The maximum atomic E-state index is 14.9. The SMILES string of the molecule is CCCc1ccc(C(=O)[C@@H]2[C@H](C(=O)c3ccccc3Cl)N3c4ccccc4C=C[C@@H]3[C@@]23C(=O)Nc2ccccc23)cc1. The van der Waals surface area contributed by atoms with E-state index in [-0.39, 0.29) is 17.5 Å². The maximum Gasteiger partial charge on any atom is 0.238 e. The van der Waals surface area contributed by atoms with Crippen molar-refractivity contribution in [3.63, 3.8) is 0 Å². The van der Waals surface area contributed by atoms with Crippen molar-refractivity contribution in [3.8, 4) is 0 Å². The van der Waals surface area contributed by atoms with Crippen molar-refractivity contribution in [2.45, 2.75) is 37.3 Å². The van der Waals surface area contributed by atoms with Crippen LogP contribution in [-0.2, 0) is 16.6 Å². The highest BCUT2D eigenvalue weighted by molar-refractivity contribution is 6.34. The third kappa shape index (κ3) is 3.73. The molecule has 4 aromatic rings. The lowest BCUT2D eigenvalue weighted by molar-refractivity contribution is -0.121. The van der Waals surface area contributed by atoms with E-state index in [1.807, 2.05) is 89.8 Å². The van der Waals surface area contributed by atoms with Crippen LogP contribution in [0.4, 0.5) is 11.4 Å². The van der Waals surface area contributed by atoms with E-state index in [4.69, 9.17) is 11.6 Å². The number of ketones is 2. The van der Waals surface area contributed by atoms with Gasteiger partial charge in [-0.05, 0) is 47.4 Å². The molecule has 1 fully saturated rings. The highest BCUT2D eigenvalue weighted by Gasteiger charge is 2.70. The number of halogens is 1. The number of hydrogen-bond donors (Lipinski definition) is 1. The van der Waals surface area contributed by atoms with Crippen LogP contribution in [-0.4, -0.2) is 29.6 Å². The second-order valence-electron chi connectivity index (χ2n) is 11.2. The van der Waals surface area contributed by atoms with Gasteiger partial charge in [-0.2, -0.15) is 0 Å². The third-order valence-electron chi connectivity index (χ3n) is 9.01. The van der Waals surface area contributed by atoms with Gasteiger partial charge in [0.1, 0.15) is 11.5 Å². The number of carbonyl (C=O) groups excluding carboxylic acids is 3. The predicted octanol–water partition coefficient (Wildman–Crippen LogP) is 7.15. The number of rotatable bonds is 6.